The minimum Gasteiger partial charge on any atom is -0.236 e. The van der Waals surface area contributed by atoms with E-state index in [1.807, 2.05) is 0 Å². The summed E-state index contributed by atoms with van der Waals surface area (Å²) in [6.45, 7) is 0. The lowest BCUT2D eigenvalue weighted by Gasteiger charge is -2.11. The van der Waals surface area contributed by atoms with Gasteiger partial charge >= 0.3 is 0 Å². The van der Waals surface area contributed by atoms with Crippen LogP contribution in [-0.2, 0) is 6.42 Å². The molecular weight excluding hydrogens is 326 g/mol. The van der Waals surface area contributed by atoms with Gasteiger partial charge in [-0.2, -0.15) is 5.26 Å². The van der Waals surface area contributed by atoms with E-state index in [4.69, 9.17) is 51.7 Å². The third kappa shape index (κ3) is 2.96. The van der Waals surface area contributed by atoms with Crippen molar-refractivity contribution in [3.63, 3.8) is 0 Å². The highest BCUT2D eigenvalue weighted by Gasteiger charge is 2.17. The largest absolute Gasteiger partial charge is 0.236 e. The number of halogens is 4. The Hall–Kier alpha value is -0.980. The fourth-order valence-electron chi connectivity index (χ4n) is 1.65. The third-order valence-corrected chi connectivity index (χ3v) is 3.82. The van der Waals surface area contributed by atoms with Crippen molar-refractivity contribution in [1.82, 2.24) is 4.98 Å². The van der Waals surface area contributed by atoms with E-state index in [0.29, 0.717) is 37.0 Å². The lowest BCUT2D eigenvalue weighted by molar-refractivity contribution is 1.20. The molecule has 96 valence electrons. The van der Waals surface area contributed by atoms with E-state index in [-0.39, 0.29) is 6.42 Å². The molecule has 1 heterocycles. The van der Waals surface area contributed by atoms with Gasteiger partial charge in [-0.15, -0.1) is 0 Å². The van der Waals surface area contributed by atoms with Gasteiger partial charge in [-0.1, -0.05) is 52.5 Å². The normalized spacial score (nSPS) is 10.3. The first-order valence-electron chi connectivity index (χ1n) is 5.21. The number of hydrogen-bond acceptors (Lipinski definition) is 2. The molecule has 0 bridgehead atoms. The molecule has 0 N–H and O–H groups in total. The number of nitriles is 1. The summed E-state index contributed by atoms with van der Waals surface area (Å²) in [6, 6.07) is 8.63. The summed E-state index contributed by atoms with van der Waals surface area (Å²) in [5, 5.41) is 10.2. The van der Waals surface area contributed by atoms with Gasteiger partial charge < -0.3 is 0 Å². The first-order chi connectivity index (χ1) is 9.04. The molecule has 0 fully saturated rings. The van der Waals surface area contributed by atoms with E-state index in [1.165, 1.54) is 0 Å². The Bertz CT molecular complexity index is 677. The van der Waals surface area contributed by atoms with Crippen LogP contribution < -0.4 is 0 Å². The highest BCUT2D eigenvalue weighted by atomic mass is 35.5. The van der Waals surface area contributed by atoms with Crippen molar-refractivity contribution in [3.8, 4) is 17.3 Å². The standard InChI is InChI=1S/C13H6Cl4N2/c14-8-2-3-9(15)12(17)11(8)13-7(5-6-18)1-4-10(16)19-13/h1-4H,5H2. The van der Waals surface area contributed by atoms with Crippen molar-refractivity contribution < 1.29 is 0 Å². The number of nitrogens with zero attached hydrogens (tertiary/aromatic N) is 2. The van der Waals surface area contributed by atoms with Crippen molar-refractivity contribution in [1.29, 1.82) is 5.26 Å². The summed E-state index contributed by atoms with van der Waals surface area (Å²) >= 11 is 24.2. The molecule has 0 amide bonds. The minimum absolute atomic E-state index is 0.179. The molecule has 0 radical (unpaired) electrons. The highest BCUT2D eigenvalue weighted by Crippen LogP contribution is 2.40. The van der Waals surface area contributed by atoms with Crippen molar-refractivity contribution in [2.24, 2.45) is 0 Å². The summed E-state index contributed by atoms with van der Waals surface area (Å²) < 4.78 is 0. The molecule has 0 aliphatic heterocycles. The Morgan fingerprint density at radius 3 is 2.37 bits per heavy atom. The number of rotatable bonds is 2. The van der Waals surface area contributed by atoms with Crippen molar-refractivity contribution in [3.05, 3.63) is 50.0 Å². The maximum atomic E-state index is 8.85. The Balaban J connectivity index is 2.75. The van der Waals surface area contributed by atoms with E-state index in [9.17, 15) is 0 Å². The fraction of sp³-hybridized carbons (Fsp3) is 0.0769. The predicted octanol–water partition coefficient (Wildman–Crippen LogP) is 5.43. The summed E-state index contributed by atoms with van der Waals surface area (Å²) in [5.41, 5.74) is 1.66. The van der Waals surface area contributed by atoms with Crippen LogP contribution in [0.3, 0.4) is 0 Å². The molecule has 0 saturated carbocycles. The highest BCUT2D eigenvalue weighted by molar-refractivity contribution is 6.46. The second kappa shape index (κ2) is 5.98. The van der Waals surface area contributed by atoms with E-state index in [2.05, 4.69) is 11.1 Å². The lowest BCUT2D eigenvalue weighted by Crippen LogP contribution is -1.95. The van der Waals surface area contributed by atoms with Crippen LogP contribution in [0.1, 0.15) is 5.56 Å². The fourth-order valence-corrected chi connectivity index (χ4v) is 2.51. The molecule has 0 aliphatic carbocycles. The molecule has 19 heavy (non-hydrogen) atoms. The maximum absolute atomic E-state index is 8.85. The Kier molecular flexibility index (Phi) is 4.54. The van der Waals surface area contributed by atoms with E-state index in [0.717, 1.165) is 0 Å². The van der Waals surface area contributed by atoms with Crippen LogP contribution in [0.25, 0.3) is 11.3 Å². The van der Waals surface area contributed by atoms with Crippen LogP contribution >= 0.6 is 46.4 Å². The zero-order valence-electron chi connectivity index (χ0n) is 9.42. The predicted molar refractivity (Wildman–Crippen MR) is 79.0 cm³/mol. The van der Waals surface area contributed by atoms with Crippen LogP contribution in [0.5, 0.6) is 0 Å². The summed E-state index contributed by atoms with van der Waals surface area (Å²) in [5.74, 6) is 0. The quantitative estimate of drug-likeness (QED) is 0.543. The van der Waals surface area contributed by atoms with E-state index in [1.54, 1.807) is 24.3 Å². The molecule has 0 saturated heterocycles. The number of aromatic nitrogens is 1. The molecular formula is C13H6Cl4N2. The Labute approximate surface area is 130 Å². The second-order valence-electron chi connectivity index (χ2n) is 3.69. The summed E-state index contributed by atoms with van der Waals surface area (Å²) in [6.07, 6.45) is 0.179. The van der Waals surface area contributed by atoms with Gasteiger partial charge in [0.25, 0.3) is 0 Å². The van der Waals surface area contributed by atoms with Crippen LogP contribution in [0.4, 0.5) is 0 Å². The van der Waals surface area contributed by atoms with Crippen LogP contribution in [0.15, 0.2) is 24.3 Å². The van der Waals surface area contributed by atoms with Crippen molar-refractivity contribution >= 4 is 46.4 Å². The smallest absolute Gasteiger partial charge is 0.129 e. The van der Waals surface area contributed by atoms with Crippen molar-refractivity contribution in [2.45, 2.75) is 6.42 Å². The van der Waals surface area contributed by atoms with Gasteiger partial charge in [-0.05, 0) is 23.8 Å². The molecule has 0 unspecified atom stereocenters. The first-order valence-corrected chi connectivity index (χ1v) is 6.72. The monoisotopic (exact) mass is 330 g/mol. The average molecular weight is 332 g/mol. The number of benzene rings is 1. The van der Waals surface area contributed by atoms with Gasteiger partial charge in [-0.25, -0.2) is 4.98 Å². The topological polar surface area (TPSA) is 36.7 Å². The first kappa shape index (κ1) is 14.4. The van der Waals surface area contributed by atoms with Crippen LogP contribution in [-0.4, -0.2) is 4.98 Å². The zero-order chi connectivity index (χ0) is 14.0. The molecule has 0 spiro atoms. The van der Waals surface area contributed by atoms with Gasteiger partial charge in [0.15, 0.2) is 0 Å². The maximum Gasteiger partial charge on any atom is 0.129 e. The molecule has 0 aliphatic rings. The van der Waals surface area contributed by atoms with Gasteiger partial charge in [-0.3, -0.25) is 0 Å². The molecule has 2 aromatic rings. The van der Waals surface area contributed by atoms with Crippen LogP contribution in [0, 0.1) is 11.3 Å². The lowest BCUT2D eigenvalue weighted by atomic mass is 10.0. The Morgan fingerprint density at radius 2 is 1.68 bits per heavy atom. The third-order valence-electron chi connectivity index (χ3n) is 2.50. The minimum atomic E-state index is 0.179. The zero-order valence-corrected chi connectivity index (χ0v) is 12.4. The second-order valence-corrected chi connectivity index (χ2v) is 5.27. The van der Waals surface area contributed by atoms with E-state index >= 15 is 0 Å². The van der Waals surface area contributed by atoms with Crippen molar-refractivity contribution in [2.75, 3.05) is 0 Å². The van der Waals surface area contributed by atoms with Crippen LogP contribution in [0.2, 0.25) is 20.2 Å². The number of pyridine rings is 1. The van der Waals surface area contributed by atoms with Gasteiger partial charge in [0.2, 0.25) is 0 Å². The average Bonchev–Trinajstić information content (AvgIpc) is 2.38. The SMILES string of the molecule is N#CCc1ccc(Cl)nc1-c1c(Cl)ccc(Cl)c1Cl. The Morgan fingerprint density at radius 1 is 1.00 bits per heavy atom. The van der Waals surface area contributed by atoms with Gasteiger partial charge in [0, 0.05) is 5.56 Å². The molecule has 1 aromatic heterocycles. The van der Waals surface area contributed by atoms with Gasteiger partial charge in [0.1, 0.15) is 5.15 Å². The van der Waals surface area contributed by atoms with E-state index < -0.39 is 0 Å². The molecule has 1 aromatic carbocycles. The van der Waals surface area contributed by atoms with Gasteiger partial charge in [0.05, 0.1) is 33.3 Å². The molecule has 0 atom stereocenters. The molecule has 6 heteroatoms. The summed E-state index contributed by atoms with van der Waals surface area (Å²) in [4.78, 5) is 4.21. The molecule has 2 rings (SSSR count). The summed E-state index contributed by atoms with van der Waals surface area (Å²) in [7, 11) is 0. The number of hydrogen-bond donors (Lipinski definition) is 0. The molecule has 2 nitrogen and oxygen atoms in total.